The van der Waals surface area contributed by atoms with Gasteiger partial charge in [0, 0.05) is 21.6 Å². The summed E-state index contributed by atoms with van der Waals surface area (Å²) in [5, 5.41) is 31.5. The lowest BCUT2D eigenvalue weighted by Crippen LogP contribution is -2.62. The largest absolute Gasteiger partial charge is 0.504 e. The van der Waals surface area contributed by atoms with E-state index in [4.69, 9.17) is 21.1 Å². The van der Waals surface area contributed by atoms with Gasteiger partial charge in [-0.1, -0.05) is 50.9 Å². The molecule has 58 heavy (non-hydrogen) atoms. The van der Waals surface area contributed by atoms with E-state index in [1.54, 1.807) is 76.2 Å². The van der Waals surface area contributed by atoms with Crippen molar-refractivity contribution in [2.24, 2.45) is 27.6 Å². The Labute approximate surface area is 349 Å². The van der Waals surface area contributed by atoms with Gasteiger partial charge in [-0.25, -0.2) is 4.79 Å². The molecule has 3 N–H and O–H groups in total. The van der Waals surface area contributed by atoms with Crippen LogP contribution in [0.1, 0.15) is 140 Å². The van der Waals surface area contributed by atoms with Crippen LogP contribution in [0.3, 0.4) is 0 Å². The molecular weight excluding hydrogens is 752 g/mol. The Hall–Kier alpha value is -4.30. The van der Waals surface area contributed by atoms with Gasteiger partial charge in [0.25, 0.3) is 0 Å². The highest BCUT2D eigenvalue weighted by Gasteiger charge is 2.67. The van der Waals surface area contributed by atoms with Gasteiger partial charge in [0.2, 0.25) is 0 Å². The van der Waals surface area contributed by atoms with E-state index in [1.807, 2.05) is 19.9 Å². The van der Waals surface area contributed by atoms with Gasteiger partial charge in [0.05, 0.1) is 11.5 Å². The molecule has 0 heterocycles. The molecule has 0 amide bonds. The number of phenolic OH excluding ortho intramolecular Hbond substituents is 2. The fourth-order valence-electron chi connectivity index (χ4n) is 11.0. The lowest BCUT2D eigenvalue weighted by molar-refractivity contribution is -0.177. The van der Waals surface area contributed by atoms with Gasteiger partial charge in [-0.2, -0.15) is 0 Å². The maximum atomic E-state index is 12.4. The summed E-state index contributed by atoms with van der Waals surface area (Å²) in [4.78, 5) is 36.7. The molecule has 6 atom stereocenters. The number of aromatic hydroxyl groups is 2. The molecule has 6 unspecified atom stereocenters. The summed E-state index contributed by atoms with van der Waals surface area (Å²) < 4.78 is 10.9. The van der Waals surface area contributed by atoms with Crippen LogP contribution >= 0.6 is 11.6 Å². The maximum Gasteiger partial charge on any atom is 0.350 e. The number of ketones is 1. The second-order valence-corrected chi connectivity index (χ2v) is 19.9. The van der Waals surface area contributed by atoms with Crippen molar-refractivity contribution in [2.45, 2.75) is 138 Å². The number of rotatable bonds is 7. The fraction of sp³-hybridized carbons (Fsp3) is 0.531. The minimum absolute atomic E-state index is 0.00431. The van der Waals surface area contributed by atoms with E-state index in [1.165, 1.54) is 11.1 Å². The molecule has 3 aromatic rings. The van der Waals surface area contributed by atoms with Crippen molar-refractivity contribution >= 4 is 29.3 Å². The Morgan fingerprint density at radius 1 is 0.845 bits per heavy atom. The highest BCUT2D eigenvalue weighted by molar-refractivity contribution is 6.30. The summed E-state index contributed by atoms with van der Waals surface area (Å²) >= 11 is 5.84. The fourth-order valence-corrected chi connectivity index (χ4v) is 11.2. The normalized spacial score (nSPS) is 29.9. The van der Waals surface area contributed by atoms with Gasteiger partial charge < -0.3 is 24.8 Å². The Bertz CT molecular complexity index is 2140. The minimum Gasteiger partial charge on any atom is -0.504 e. The molecule has 9 heteroatoms. The molecule has 0 spiro atoms. The van der Waals surface area contributed by atoms with E-state index in [9.17, 15) is 29.7 Å². The van der Waals surface area contributed by atoms with Gasteiger partial charge in [0.15, 0.2) is 22.9 Å². The van der Waals surface area contributed by atoms with E-state index in [0.29, 0.717) is 27.8 Å². The van der Waals surface area contributed by atoms with Crippen molar-refractivity contribution in [3.63, 3.8) is 0 Å². The van der Waals surface area contributed by atoms with E-state index in [-0.39, 0.29) is 45.0 Å². The van der Waals surface area contributed by atoms with Crippen LogP contribution in [0.4, 0.5) is 0 Å². The standard InChI is InChI=1S/C29H40O4.C20H21ClO4/c1-17-18-7-8-21-27(4,19(18)15-20(30)23(17)31)12-14-29(6)22-16-26(3,24(32)33)10-9-25(22,2)11-13-28(21,29)5;1-13(2)24-19(23)20(3,4)25-17-11-7-15(8-12-17)18(22)14-5-9-16(21)10-6-14/h8,15,22,30-31H,7,9-14,16H2,1-6H3,(H,32,33);5-13H,1-4H3. The number of halogens is 1. The van der Waals surface area contributed by atoms with E-state index in [2.05, 4.69) is 33.8 Å². The Morgan fingerprint density at radius 2 is 1.43 bits per heavy atom. The van der Waals surface area contributed by atoms with E-state index < -0.39 is 23.0 Å². The van der Waals surface area contributed by atoms with E-state index >= 15 is 0 Å². The highest BCUT2D eigenvalue weighted by Crippen LogP contribution is 2.74. The third kappa shape index (κ3) is 7.32. The number of phenols is 2. The van der Waals surface area contributed by atoms with E-state index in [0.717, 1.165) is 62.5 Å². The van der Waals surface area contributed by atoms with Crippen molar-refractivity contribution in [3.8, 4) is 17.2 Å². The second-order valence-electron chi connectivity index (χ2n) is 19.5. The topological polar surface area (TPSA) is 130 Å². The lowest BCUT2D eigenvalue weighted by atomic mass is 9.34. The molecule has 0 saturated heterocycles. The predicted molar refractivity (Wildman–Crippen MR) is 227 cm³/mol. The van der Waals surface area contributed by atoms with Gasteiger partial charge in [0.1, 0.15) is 5.75 Å². The van der Waals surface area contributed by atoms with Gasteiger partial charge in [-0.3, -0.25) is 9.59 Å². The van der Waals surface area contributed by atoms with Crippen molar-refractivity contribution in [2.75, 3.05) is 0 Å². The number of hydrogen-bond donors (Lipinski definition) is 3. The number of benzene rings is 3. The number of allylic oxidation sites excluding steroid dienone is 2. The number of carboxylic acid groups (broad SMARTS) is 1. The third-order valence-electron chi connectivity index (χ3n) is 15.0. The van der Waals surface area contributed by atoms with Crippen LogP contribution in [0, 0.1) is 34.5 Å². The number of carbonyl (C=O) groups is 3. The molecule has 0 bridgehead atoms. The third-order valence-corrected chi connectivity index (χ3v) is 15.3. The zero-order valence-electron chi connectivity index (χ0n) is 35.8. The highest BCUT2D eigenvalue weighted by atomic mass is 35.5. The predicted octanol–water partition coefficient (Wildman–Crippen LogP) is 11.3. The molecule has 3 aromatic carbocycles. The van der Waals surface area contributed by atoms with Crippen LogP contribution in [0.25, 0.3) is 0 Å². The summed E-state index contributed by atoms with van der Waals surface area (Å²) in [6.07, 6.45) is 9.82. The van der Waals surface area contributed by atoms with Crippen molar-refractivity contribution < 1.29 is 39.2 Å². The lowest BCUT2D eigenvalue weighted by Gasteiger charge is -2.69. The zero-order valence-corrected chi connectivity index (χ0v) is 36.6. The van der Waals surface area contributed by atoms with Gasteiger partial charge in [-0.15, -0.1) is 0 Å². The van der Waals surface area contributed by atoms with Crippen molar-refractivity contribution in [3.05, 3.63) is 99.1 Å². The Balaban J connectivity index is 0.000000204. The first-order valence-electron chi connectivity index (χ1n) is 20.7. The van der Waals surface area contributed by atoms with Crippen LogP contribution < -0.4 is 4.74 Å². The first kappa shape index (κ1) is 43.3. The summed E-state index contributed by atoms with van der Waals surface area (Å²) in [5.74, 6) is -0.348. The molecule has 0 radical (unpaired) electrons. The molecule has 3 fully saturated rings. The number of esters is 1. The number of aliphatic carboxylic acids is 1. The van der Waals surface area contributed by atoms with Crippen LogP contribution in [-0.2, 0) is 26.2 Å². The summed E-state index contributed by atoms with van der Waals surface area (Å²) in [7, 11) is 0. The summed E-state index contributed by atoms with van der Waals surface area (Å²) in [6.45, 7) is 20.4. The summed E-state index contributed by atoms with van der Waals surface area (Å²) in [6, 6.07) is 15.2. The molecule has 0 aliphatic heterocycles. The SMILES string of the molecule is CC(C)OC(=O)C(C)(C)Oc1ccc(C(=O)c2ccc(Cl)cc2)cc1.Cc1c(O)c(O)cc2c1CC=C1C2(C)CCC2(C)C3CC(C)(C(=O)O)CCC3(C)CCC12C. The minimum atomic E-state index is -1.12. The maximum absolute atomic E-state index is 12.4. The monoisotopic (exact) mass is 812 g/mol. The smallest absolute Gasteiger partial charge is 0.350 e. The van der Waals surface area contributed by atoms with Crippen LogP contribution in [0.2, 0.25) is 5.02 Å². The van der Waals surface area contributed by atoms with Crippen LogP contribution in [0.15, 0.2) is 66.2 Å². The molecule has 8 nitrogen and oxygen atoms in total. The molecule has 7 rings (SSSR count). The average molecular weight is 813 g/mol. The number of carboxylic acids is 1. The molecule has 4 aliphatic carbocycles. The van der Waals surface area contributed by atoms with Crippen LogP contribution in [-0.4, -0.2) is 44.7 Å². The molecule has 0 aromatic heterocycles. The number of ether oxygens (including phenoxy) is 2. The molecular formula is C49H61ClO8. The average Bonchev–Trinajstić information content (AvgIpc) is 3.16. The molecule has 3 saturated carbocycles. The molecule has 312 valence electrons. The van der Waals surface area contributed by atoms with Gasteiger partial charge >= 0.3 is 11.9 Å². The van der Waals surface area contributed by atoms with Crippen LogP contribution in [0.5, 0.6) is 17.2 Å². The Kier molecular flexibility index (Phi) is 11.2. The van der Waals surface area contributed by atoms with Crippen molar-refractivity contribution in [1.29, 1.82) is 0 Å². The zero-order chi connectivity index (χ0) is 42.8. The number of carbonyl (C=O) groups excluding carboxylic acids is 2. The Morgan fingerprint density at radius 3 is 2.02 bits per heavy atom. The number of fused-ring (bicyclic) bond motifs is 7. The second kappa shape index (κ2) is 15.1. The quantitative estimate of drug-likeness (QED) is 0.0930. The summed E-state index contributed by atoms with van der Waals surface area (Å²) in [5.41, 5.74) is 3.97. The van der Waals surface area contributed by atoms with Crippen molar-refractivity contribution in [1.82, 2.24) is 0 Å². The molecule has 4 aliphatic rings. The van der Waals surface area contributed by atoms with Gasteiger partial charge in [-0.05, 0) is 186 Å². The number of hydrogen-bond acceptors (Lipinski definition) is 7. The first-order chi connectivity index (χ1) is 26.9. The first-order valence-corrected chi connectivity index (χ1v) is 21.1.